The molecule has 2 aromatic carbocycles. The number of nitrogens with one attached hydrogen (secondary N) is 2. The molecule has 1 aliphatic heterocycles. The van der Waals surface area contributed by atoms with E-state index in [0.717, 1.165) is 29.7 Å². The normalized spacial score (nSPS) is 16.3. The molecule has 0 saturated carbocycles. The maximum Gasteiger partial charge on any atom is 0.251 e. The van der Waals surface area contributed by atoms with E-state index in [1.54, 1.807) is 12.4 Å². The van der Waals surface area contributed by atoms with Gasteiger partial charge in [-0.1, -0.05) is 29.8 Å². The SMILES string of the molecule is O=C(NC[C@H](c1ccccc1Cl)N1CCOCC1)c1ccc2nc[nH]c2c1. The number of benzene rings is 2. The van der Waals surface area contributed by atoms with Gasteiger partial charge in [-0.05, 0) is 29.8 Å². The summed E-state index contributed by atoms with van der Waals surface area (Å²) in [5, 5.41) is 3.77. The number of rotatable bonds is 5. The molecule has 2 heterocycles. The van der Waals surface area contributed by atoms with Gasteiger partial charge in [0.25, 0.3) is 5.91 Å². The summed E-state index contributed by atoms with van der Waals surface area (Å²) in [6.45, 7) is 3.47. The molecule has 2 N–H and O–H groups in total. The van der Waals surface area contributed by atoms with E-state index in [4.69, 9.17) is 16.3 Å². The Morgan fingerprint density at radius 1 is 1.26 bits per heavy atom. The summed E-state index contributed by atoms with van der Waals surface area (Å²) in [5.41, 5.74) is 3.31. The number of fused-ring (bicyclic) bond motifs is 1. The number of nitrogens with zero attached hydrogens (tertiary/aromatic N) is 2. The van der Waals surface area contributed by atoms with E-state index in [0.29, 0.717) is 30.3 Å². The van der Waals surface area contributed by atoms with E-state index < -0.39 is 0 Å². The van der Waals surface area contributed by atoms with Crippen molar-refractivity contribution in [3.8, 4) is 0 Å². The van der Waals surface area contributed by atoms with Crippen molar-refractivity contribution in [3.63, 3.8) is 0 Å². The molecule has 0 bridgehead atoms. The molecule has 140 valence electrons. The summed E-state index contributed by atoms with van der Waals surface area (Å²) in [5.74, 6) is -0.114. The fourth-order valence-electron chi connectivity index (χ4n) is 3.44. The zero-order valence-electron chi connectivity index (χ0n) is 14.8. The van der Waals surface area contributed by atoms with E-state index in [2.05, 4.69) is 20.2 Å². The molecule has 6 nitrogen and oxygen atoms in total. The largest absolute Gasteiger partial charge is 0.379 e. The van der Waals surface area contributed by atoms with E-state index in [9.17, 15) is 4.79 Å². The van der Waals surface area contributed by atoms with Crippen LogP contribution in [0.5, 0.6) is 0 Å². The number of hydrogen-bond donors (Lipinski definition) is 2. The molecule has 7 heteroatoms. The van der Waals surface area contributed by atoms with Crippen LogP contribution in [-0.2, 0) is 4.74 Å². The average Bonchev–Trinajstić information content (AvgIpc) is 3.18. The number of imidazole rings is 1. The molecule has 0 spiro atoms. The average molecular weight is 385 g/mol. The van der Waals surface area contributed by atoms with Crippen LogP contribution in [0.1, 0.15) is 22.0 Å². The van der Waals surface area contributed by atoms with Crippen LogP contribution in [0.25, 0.3) is 11.0 Å². The smallest absolute Gasteiger partial charge is 0.251 e. The molecule has 1 atom stereocenters. The Balaban J connectivity index is 1.52. The lowest BCUT2D eigenvalue weighted by Crippen LogP contribution is -2.44. The minimum Gasteiger partial charge on any atom is -0.379 e. The summed E-state index contributed by atoms with van der Waals surface area (Å²) in [6.07, 6.45) is 1.62. The van der Waals surface area contributed by atoms with Crippen LogP contribution in [0.3, 0.4) is 0 Å². The predicted octanol–water partition coefficient (Wildman–Crippen LogP) is 3.02. The number of aromatic nitrogens is 2. The van der Waals surface area contributed by atoms with Gasteiger partial charge in [-0.2, -0.15) is 0 Å². The minimum atomic E-state index is -0.114. The molecule has 3 aromatic rings. The Morgan fingerprint density at radius 3 is 2.89 bits per heavy atom. The second-order valence-corrected chi connectivity index (χ2v) is 6.94. The van der Waals surface area contributed by atoms with Gasteiger partial charge in [0.15, 0.2) is 0 Å². The summed E-state index contributed by atoms with van der Waals surface area (Å²) in [6, 6.07) is 13.2. The first-order valence-electron chi connectivity index (χ1n) is 9.00. The van der Waals surface area contributed by atoms with Crippen molar-refractivity contribution in [1.82, 2.24) is 20.2 Å². The molecule has 1 amide bonds. The number of carbonyl (C=O) groups is 1. The molecule has 4 rings (SSSR count). The monoisotopic (exact) mass is 384 g/mol. The Hall–Kier alpha value is -2.41. The predicted molar refractivity (Wildman–Crippen MR) is 105 cm³/mol. The summed E-state index contributed by atoms with van der Waals surface area (Å²) in [7, 11) is 0. The van der Waals surface area contributed by atoms with E-state index in [1.807, 2.05) is 36.4 Å². The van der Waals surface area contributed by atoms with Crippen molar-refractivity contribution < 1.29 is 9.53 Å². The van der Waals surface area contributed by atoms with Gasteiger partial charge in [0, 0.05) is 30.2 Å². The first-order chi connectivity index (χ1) is 13.2. The first kappa shape index (κ1) is 18.0. The lowest BCUT2D eigenvalue weighted by atomic mass is 10.0. The van der Waals surface area contributed by atoms with Gasteiger partial charge in [-0.25, -0.2) is 4.98 Å². The van der Waals surface area contributed by atoms with Crippen molar-refractivity contribution >= 4 is 28.5 Å². The maximum absolute atomic E-state index is 12.7. The molecule has 0 unspecified atom stereocenters. The van der Waals surface area contributed by atoms with Gasteiger partial charge in [0.1, 0.15) is 0 Å². The molecule has 1 aliphatic rings. The second-order valence-electron chi connectivity index (χ2n) is 6.53. The van der Waals surface area contributed by atoms with Gasteiger partial charge < -0.3 is 15.0 Å². The van der Waals surface area contributed by atoms with Crippen LogP contribution in [0, 0.1) is 0 Å². The number of aromatic amines is 1. The Labute approximate surface area is 162 Å². The quantitative estimate of drug-likeness (QED) is 0.709. The molecule has 1 saturated heterocycles. The standard InChI is InChI=1S/C20H21ClN4O2/c21-16-4-2-1-3-15(16)19(25-7-9-27-10-8-25)12-22-20(26)14-5-6-17-18(11-14)24-13-23-17/h1-6,11,13,19H,7-10,12H2,(H,22,26)(H,23,24)/t19-/m1/s1. The van der Waals surface area contributed by atoms with Crippen LogP contribution in [0.2, 0.25) is 5.02 Å². The van der Waals surface area contributed by atoms with Gasteiger partial charge in [0.2, 0.25) is 0 Å². The highest BCUT2D eigenvalue weighted by Gasteiger charge is 2.25. The lowest BCUT2D eigenvalue weighted by molar-refractivity contribution is 0.0162. The minimum absolute atomic E-state index is 0.00226. The Kier molecular flexibility index (Phi) is 5.38. The third-order valence-electron chi connectivity index (χ3n) is 4.89. The second kappa shape index (κ2) is 8.08. The first-order valence-corrected chi connectivity index (χ1v) is 9.38. The number of amides is 1. The van der Waals surface area contributed by atoms with Gasteiger partial charge >= 0.3 is 0 Å². The number of carbonyl (C=O) groups excluding carboxylic acids is 1. The van der Waals surface area contributed by atoms with E-state index in [-0.39, 0.29) is 11.9 Å². The molecular weight excluding hydrogens is 364 g/mol. The number of halogens is 1. The van der Waals surface area contributed by atoms with Gasteiger partial charge in [0.05, 0.1) is 36.6 Å². The zero-order chi connectivity index (χ0) is 18.6. The summed E-state index contributed by atoms with van der Waals surface area (Å²) < 4.78 is 5.47. The fourth-order valence-corrected chi connectivity index (χ4v) is 3.70. The van der Waals surface area contributed by atoms with Crippen molar-refractivity contribution in [2.45, 2.75) is 6.04 Å². The van der Waals surface area contributed by atoms with Crippen molar-refractivity contribution in [2.75, 3.05) is 32.8 Å². The van der Waals surface area contributed by atoms with Gasteiger partial charge in [-0.3, -0.25) is 9.69 Å². The Morgan fingerprint density at radius 2 is 2.07 bits per heavy atom. The molecule has 0 aliphatic carbocycles. The summed E-state index contributed by atoms with van der Waals surface area (Å²) in [4.78, 5) is 22.2. The number of morpholine rings is 1. The number of H-pyrrole nitrogens is 1. The maximum atomic E-state index is 12.7. The Bertz CT molecular complexity index is 936. The van der Waals surface area contributed by atoms with Crippen LogP contribution >= 0.6 is 11.6 Å². The van der Waals surface area contributed by atoms with Crippen LogP contribution in [-0.4, -0.2) is 53.6 Å². The highest BCUT2D eigenvalue weighted by Crippen LogP contribution is 2.28. The zero-order valence-corrected chi connectivity index (χ0v) is 15.6. The highest BCUT2D eigenvalue weighted by molar-refractivity contribution is 6.31. The molecule has 0 radical (unpaired) electrons. The highest BCUT2D eigenvalue weighted by atomic mass is 35.5. The summed E-state index contributed by atoms with van der Waals surface area (Å²) >= 11 is 6.44. The van der Waals surface area contributed by atoms with Crippen LogP contribution < -0.4 is 5.32 Å². The topological polar surface area (TPSA) is 70.2 Å². The fraction of sp³-hybridized carbons (Fsp3) is 0.300. The molecule has 27 heavy (non-hydrogen) atoms. The van der Waals surface area contributed by atoms with Crippen molar-refractivity contribution in [2.24, 2.45) is 0 Å². The number of ether oxygens (including phenoxy) is 1. The van der Waals surface area contributed by atoms with E-state index in [1.165, 1.54) is 0 Å². The van der Waals surface area contributed by atoms with Crippen molar-refractivity contribution in [3.05, 3.63) is 64.9 Å². The molecular formula is C20H21ClN4O2. The van der Waals surface area contributed by atoms with Crippen molar-refractivity contribution in [1.29, 1.82) is 0 Å². The number of hydrogen-bond acceptors (Lipinski definition) is 4. The molecule has 1 aromatic heterocycles. The molecule has 1 fully saturated rings. The van der Waals surface area contributed by atoms with Gasteiger partial charge in [-0.15, -0.1) is 0 Å². The third-order valence-corrected chi connectivity index (χ3v) is 5.23. The van der Waals surface area contributed by atoms with E-state index >= 15 is 0 Å². The van der Waals surface area contributed by atoms with Crippen LogP contribution in [0.4, 0.5) is 0 Å². The van der Waals surface area contributed by atoms with Crippen LogP contribution in [0.15, 0.2) is 48.8 Å². The lowest BCUT2D eigenvalue weighted by Gasteiger charge is -2.35. The third kappa shape index (κ3) is 3.98.